The largest absolute Gasteiger partial charge is 0.497 e. The van der Waals surface area contributed by atoms with Crippen LogP contribution in [0.5, 0.6) is 17.2 Å². The summed E-state index contributed by atoms with van der Waals surface area (Å²) >= 11 is 0. The van der Waals surface area contributed by atoms with Gasteiger partial charge in [0, 0.05) is 6.07 Å². The number of benzene rings is 2. The normalized spacial score (nSPS) is 12.1. The lowest BCUT2D eigenvalue weighted by atomic mass is 10.3. The van der Waals surface area contributed by atoms with Crippen molar-refractivity contribution in [1.29, 1.82) is 0 Å². The zero-order chi connectivity index (χ0) is 20.0. The van der Waals surface area contributed by atoms with Crippen LogP contribution in [0.15, 0.2) is 47.4 Å². The summed E-state index contributed by atoms with van der Waals surface area (Å²) in [6, 6.07) is 9.28. The summed E-state index contributed by atoms with van der Waals surface area (Å²) in [6.45, 7) is 1.42. The third-order valence-corrected chi connectivity index (χ3v) is 4.73. The molecule has 146 valence electrons. The number of sulfonamides is 1. The van der Waals surface area contributed by atoms with Crippen LogP contribution in [0.3, 0.4) is 0 Å². The van der Waals surface area contributed by atoms with Gasteiger partial charge < -0.3 is 14.2 Å². The Bertz CT molecular complexity index is 902. The average Bonchev–Trinajstić information content (AvgIpc) is 2.67. The molecule has 0 aliphatic heterocycles. The lowest BCUT2D eigenvalue weighted by Crippen LogP contribution is -2.47. The molecule has 0 aliphatic rings. The van der Waals surface area contributed by atoms with Gasteiger partial charge in [-0.1, -0.05) is 0 Å². The van der Waals surface area contributed by atoms with Crippen molar-refractivity contribution in [2.45, 2.75) is 17.9 Å². The number of hydrogen-bond donors (Lipinski definition) is 2. The first-order valence-electron chi connectivity index (χ1n) is 7.72. The molecule has 0 saturated carbocycles. The third-order valence-electron chi connectivity index (χ3n) is 3.46. The van der Waals surface area contributed by atoms with Gasteiger partial charge in [0.15, 0.2) is 6.10 Å². The molecule has 0 saturated heterocycles. The molecule has 0 unspecified atom stereocenters. The van der Waals surface area contributed by atoms with Crippen LogP contribution in [0, 0.1) is 5.82 Å². The first kappa shape index (κ1) is 20.5. The molecular weight excluding hydrogens is 379 g/mol. The topological polar surface area (TPSA) is 103 Å². The molecule has 2 N–H and O–H groups in total. The first-order chi connectivity index (χ1) is 12.8. The van der Waals surface area contributed by atoms with E-state index in [2.05, 4.69) is 5.43 Å². The number of rotatable bonds is 8. The van der Waals surface area contributed by atoms with E-state index < -0.39 is 27.9 Å². The fourth-order valence-corrected chi connectivity index (χ4v) is 3.07. The zero-order valence-electron chi connectivity index (χ0n) is 14.9. The lowest BCUT2D eigenvalue weighted by Gasteiger charge is -2.16. The summed E-state index contributed by atoms with van der Waals surface area (Å²) in [7, 11) is -1.43. The Morgan fingerprint density at radius 3 is 2.26 bits per heavy atom. The number of methoxy groups -OCH3 is 2. The van der Waals surface area contributed by atoms with E-state index in [0.717, 1.165) is 0 Å². The van der Waals surface area contributed by atoms with Gasteiger partial charge in [-0.15, -0.1) is 4.83 Å². The van der Waals surface area contributed by atoms with Crippen molar-refractivity contribution in [3.05, 3.63) is 48.3 Å². The quantitative estimate of drug-likeness (QED) is 0.655. The van der Waals surface area contributed by atoms with Gasteiger partial charge in [0.25, 0.3) is 15.9 Å². The summed E-state index contributed by atoms with van der Waals surface area (Å²) in [6.07, 6.45) is -1.04. The number of amides is 1. The van der Waals surface area contributed by atoms with Crippen LogP contribution in [0.1, 0.15) is 6.92 Å². The molecular formula is C17H19FN2O6S. The van der Waals surface area contributed by atoms with E-state index in [1.807, 2.05) is 4.83 Å². The van der Waals surface area contributed by atoms with E-state index in [1.54, 1.807) is 0 Å². The highest BCUT2D eigenvalue weighted by Crippen LogP contribution is 2.27. The average molecular weight is 398 g/mol. The predicted molar refractivity (Wildman–Crippen MR) is 94.5 cm³/mol. The van der Waals surface area contributed by atoms with Gasteiger partial charge in [-0.3, -0.25) is 10.2 Å². The summed E-state index contributed by atoms with van der Waals surface area (Å²) in [4.78, 5) is 13.8. The van der Waals surface area contributed by atoms with Crippen molar-refractivity contribution >= 4 is 15.9 Å². The monoisotopic (exact) mass is 398 g/mol. The molecule has 10 heteroatoms. The van der Waals surface area contributed by atoms with Crippen molar-refractivity contribution in [3.63, 3.8) is 0 Å². The van der Waals surface area contributed by atoms with Crippen molar-refractivity contribution in [2.75, 3.05) is 14.2 Å². The molecule has 0 radical (unpaired) electrons. The molecule has 27 heavy (non-hydrogen) atoms. The van der Waals surface area contributed by atoms with Gasteiger partial charge in [-0.25, -0.2) is 12.8 Å². The standard InChI is InChI=1S/C17H19FN2O6S/c1-11(26-13-6-4-12(18)5-7-13)17(21)19-20-27(22,23)16-10-14(24-2)8-9-15(16)25-3/h4-11,20H,1-3H3,(H,19,21)/t11-/m1/s1. The SMILES string of the molecule is COc1ccc(OC)c(S(=O)(=O)NNC(=O)[C@@H](C)Oc2ccc(F)cc2)c1. The summed E-state index contributed by atoms with van der Waals surface area (Å²) in [5, 5.41) is 0. The number of carbonyl (C=O) groups is 1. The van der Waals surface area contributed by atoms with E-state index in [0.29, 0.717) is 5.75 Å². The maximum atomic E-state index is 12.9. The van der Waals surface area contributed by atoms with E-state index in [9.17, 15) is 17.6 Å². The van der Waals surface area contributed by atoms with Crippen molar-refractivity contribution in [3.8, 4) is 17.2 Å². The second-order valence-corrected chi connectivity index (χ2v) is 6.98. The maximum absolute atomic E-state index is 12.9. The minimum absolute atomic E-state index is 0.0770. The van der Waals surface area contributed by atoms with Gasteiger partial charge in [0.2, 0.25) is 0 Å². The molecule has 2 aromatic rings. The van der Waals surface area contributed by atoms with Crippen LogP contribution in [-0.2, 0) is 14.8 Å². The van der Waals surface area contributed by atoms with Crippen molar-refractivity contribution in [2.24, 2.45) is 0 Å². The molecule has 8 nitrogen and oxygen atoms in total. The van der Waals surface area contributed by atoms with E-state index in [4.69, 9.17) is 14.2 Å². The second kappa shape index (κ2) is 8.69. The van der Waals surface area contributed by atoms with Crippen LogP contribution in [0.4, 0.5) is 4.39 Å². The molecule has 0 spiro atoms. The number of hydrogen-bond acceptors (Lipinski definition) is 6. The van der Waals surface area contributed by atoms with Gasteiger partial charge in [0.05, 0.1) is 14.2 Å². The maximum Gasteiger partial charge on any atom is 0.275 e. The first-order valence-corrected chi connectivity index (χ1v) is 9.21. The molecule has 0 bridgehead atoms. The molecule has 0 heterocycles. The predicted octanol–water partition coefficient (Wildman–Crippen LogP) is 1.62. The third kappa shape index (κ3) is 5.31. The Balaban J connectivity index is 2.05. The zero-order valence-corrected chi connectivity index (χ0v) is 15.7. The van der Waals surface area contributed by atoms with Crippen LogP contribution in [0.2, 0.25) is 0 Å². The fourth-order valence-electron chi connectivity index (χ4n) is 2.04. The minimum Gasteiger partial charge on any atom is -0.497 e. The number of ether oxygens (including phenoxy) is 3. The highest BCUT2D eigenvalue weighted by Gasteiger charge is 2.23. The highest BCUT2D eigenvalue weighted by molar-refractivity contribution is 7.89. The number of halogens is 1. The Labute approximate surface area is 156 Å². The van der Waals surface area contributed by atoms with Crippen LogP contribution >= 0.6 is 0 Å². The van der Waals surface area contributed by atoms with E-state index in [1.165, 1.54) is 63.6 Å². The van der Waals surface area contributed by atoms with E-state index >= 15 is 0 Å². The summed E-state index contributed by atoms with van der Waals surface area (Å²) in [5.74, 6) is -0.552. The molecule has 1 atom stereocenters. The molecule has 2 rings (SSSR count). The van der Waals surface area contributed by atoms with Crippen LogP contribution in [-0.4, -0.2) is 34.6 Å². The van der Waals surface area contributed by atoms with Crippen LogP contribution in [0.25, 0.3) is 0 Å². The Morgan fingerprint density at radius 2 is 1.67 bits per heavy atom. The lowest BCUT2D eigenvalue weighted by molar-refractivity contribution is -0.127. The number of nitrogens with one attached hydrogen (secondary N) is 2. The molecule has 0 aliphatic carbocycles. The smallest absolute Gasteiger partial charge is 0.275 e. The van der Waals surface area contributed by atoms with Crippen molar-refractivity contribution < 1.29 is 31.8 Å². The molecule has 2 aromatic carbocycles. The minimum atomic E-state index is -4.13. The molecule has 0 fully saturated rings. The van der Waals surface area contributed by atoms with Crippen LogP contribution < -0.4 is 24.5 Å². The number of hydrazine groups is 1. The van der Waals surface area contributed by atoms with Gasteiger partial charge in [-0.05, 0) is 43.3 Å². The fraction of sp³-hybridized carbons (Fsp3) is 0.235. The highest BCUT2D eigenvalue weighted by atomic mass is 32.2. The van der Waals surface area contributed by atoms with Gasteiger partial charge in [-0.2, -0.15) is 0 Å². The Morgan fingerprint density at radius 1 is 1.04 bits per heavy atom. The van der Waals surface area contributed by atoms with Gasteiger partial charge in [0.1, 0.15) is 28.0 Å². The van der Waals surface area contributed by atoms with Crippen molar-refractivity contribution in [1.82, 2.24) is 10.3 Å². The Kier molecular flexibility index (Phi) is 6.59. The summed E-state index contributed by atoms with van der Waals surface area (Å²) < 4.78 is 53.2. The molecule has 0 aromatic heterocycles. The van der Waals surface area contributed by atoms with E-state index in [-0.39, 0.29) is 16.4 Å². The van der Waals surface area contributed by atoms with Gasteiger partial charge >= 0.3 is 0 Å². The molecule has 1 amide bonds. The number of carbonyl (C=O) groups excluding carboxylic acids is 1. The summed E-state index contributed by atoms with van der Waals surface area (Å²) in [5.41, 5.74) is 2.07. The second-order valence-electron chi connectivity index (χ2n) is 5.33. The Hall–Kier alpha value is -2.85.